The number of carbonyl (C=O) groups excluding carboxylic acids is 1. The van der Waals surface area contributed by atoms with Crippen molar-refractivity contribution in [2.45, 2.75) is 25.4 Å². The fourth-order valence-corrected chi connectivity index (χ4v) is 3.79. The van der Waals surface area contributed by atoms with Crippen molar-refractivity contribution < 1.29 is 9.53 Å². The van der Waals surface area contributed by atoms with Gasteiger partial charge in [-0.25, -0.2) is 0 Å². The fourth-order valence-electron chi connectivity index (χ4n) is 3.79. The molecule has 0 radical (unpaired) electrons. The number of nitrogens with zero attached hydrogens (tertiary/aromatic N) is 1. The Morgan fingerprint density at radius 2 is 1.59 bits per heavy atom. The summed E-state index contributed by atoms with van der Waals surface area (Å²) >= 11 is 0. The Bertz CT molecular complexity index is 893. The molecule has 0 atom stereocenters. The third-order valence-electron chi connectivity index (χ3n) is 5.22. The van der Waals surface area contributed by atoms with E-state index in [1.54, 1.807) is 0 Å². The Balaban J connectivity index is 1.29. The van der Waals surface area contributed by atoms with Crippen LogP contribution >= 0.6 is 0 Å². The summed E-state index contributed by atoms with van der Waals surface area (Å²) < 4.78 is 6.31. The van der Waals surface area contributed by atoms with Crippen molar-refractivity contribution >= 4 is 16.6 Å². The predicted octanol–water partition coefficient (Wildman–Crippen LogP) is 4.49. The van der Waals surface area contributed by atoms with Crippen LogP contribution < -0.4 is 4.74 Å². The molecule has 0 spiro atoms. The molecular weight excluding hydrogens is 334 g/mol. The summed E-state index contributed by atoms with van der Waals surface area (Å²) in [5.41, 5.74) is 1.09. The number of hydrogen-bond acceptors (Lipinski definition) is 3. The highest BCUT2D eigenvalue weighted by atomic mass is 16.5. The largest absolute Gasteiger partial charge is 0.490 e. The van der Waals surface area contributed by atoms with E-state index in [1.165, 1.54) is 10.8 Å². The summed E-state index contributed by atoms with van der Waals surface area (Å²) in [6.45, 7) is 2.36. The Kier molecular flexibility index (Phi) is 5.50. The van der Waals surface area contributed by atoms with Gasteiger partial charge in [0.15, 0.2) is 5.78 Å². The van der Waals surface area contributed by atoms with Gasteiger partial charge in [0.05, 0.1) is 6.54 Å². The van der Waals surface area contributed by atoms with Crippen LogP contribution in [0, 0.1) is 0 Å². The molecule has 1 saturated heterocycles. The molecule has 0 aromatic heterocycles. The standard InChI is InChI=1S/C24H25NO2/c26-21(17-19-7-2-1-3-8-19)18-25-15-13-22(14-16-25)27-24-12-6-10-20-9-4-5-11-23(20)24/h1-12,22H,13-18H2. The Morgan fingerprint density at radius 3 is 2.41 bits per heavy atom. The number of Topliss-reactive ketones (excluding diaryl/α,β-unsaturated/α-hetero) is 1. The summed E-state index contributed by atoms with van der Waals surface area (Å²) in [6, 6.07) is 24.5. The quantitative estimate of drug-likeness (QED) is 0.649. The van der Waals surface area contributed by atoms with E-state index in [-0.39, 0.29) is 11.9 Å². The molecule has 27 heavy (non-hydrogen) atoms. The van der Waals surface area contributed by atoms with E-state index in [0.717, 1.165) is 37.2 Å². The third-order valence-corrected chi connectivity index (χ3v) is 5.22. The van der Waals surface area contributed by atoms with Gasteiger partial charge in [-0.1, -0.05) is 66.7 Å². The van der Waals surface area contributed by atoms with Crippen molar-refractivity contribution in [3.63, 3.8) is 0 Å². The van der Waals surface area contributed by atoms with Gasteiger partial charge in [-0.3, -0.25) is 9.69 Å². The number of rotatable bonds is 6. The number of piperidine rings is 1. The second-order valence-electron chi connectivity index (χ2n) is 7.27. The van der Waals surface area contributed by atoms with E-state index in [4.69, 9.17) is 4.74 Å². The lowest BCUT2D eigenvalue weighted by atomic mass is 10.0. The molecule has 0 N–H and O–H groups in total. The molecule has 3 nitrogen and oxygen atoms in total. The summed E-state index contributed by atoms with van der Waals surface area (Å²) in [4.78, 5) is 14.6. The average molecular weight is 359 g/mol. The first kappa shape index (κ1) is 17.7. The van der Waals surface area contributed by atoms with Gasteiger partial charge in [0.25, 0.3) is 0 Å². The SMILES string of the molecule is O=C(Cc1ccccc1)CN1CCC(Oc2cccc3ccccc23)CC1. The molecular formula is C24H25NO2. The van der Waals surface area contributed by atoms with Crippen LogP contribution in [-0.2, 0) is 11.2 Å². The average Bonchev–Trinajstić information content (AvgIpc) is 2.70. The number of hydrogen-bond donors (Lipinski definition) is 0. The number of likely N-dealkylation sites (tertiary alicyclic amines) is 1. The molecule has 1 aliphatic heterocycles. The van der Waals surface area contributed by atoms with Gasteiger partial charge in [-0.2, -0.15) is 0 Å². The second kappa shape index (κ2) is 8.36. The number of ketones is 1. The van der Waals surface area contributed by atoms with E-state index in [0.29, 0.717) is 13.0 Å². The molecule has 0 amide bonds. The van der Waals surface area contributed by atoms with E-state index in [2.05, 4.69) is 47.4 Å². The number of fused-ring (bicyclic) bond motifs is 1. The summed E-state index contributed by atoms with van der Waals surface area (Å²) in [6.07, 6.45) is 2.66. The highest BCUT2D eigenvalue weighted by Gasteiger charge is 2.22. The Hall–Kier alpha value is -2.65. The van der Waals surface area contributed by atoms with Gasteiger partial charge < -0.3 is 4.74 Å². The van der Waals surface area contributed by atoms with Gasteiger partial charge in [0.1, 0.15) is 11.9 Å². The van der Waals surface area contributed by atoms with E-state index < -0.39 is 0 Å². The van der Waals surface area contributed by atoms with Crippen molar-refractivity contribution in [1.29, 1.82) is 0 Å². The number of carbonyl (C=O) groups is 1. The third kappa shape index (κ3) is 4.55. The monoisotopic (exact) mass is 359 g/mol. The molecule has 1 fully saturated rings. The Labute approximate surface area is 160 Å². The minimum absolute atomic E-state index is 0.219. The van der Waals surface area contributed by atoms with Crippen LogP contribution in [0.25, 0.3) is 10.8 Å². The smallest absolute Gasteiger partial charge is 0.151 e. The van der Waals surface area contributed by atoms with Crippen molar-refractivity contribution in [3.8, 4) is 5.75 Å². The fraction of sp³-hybridized carbons (Fsp3) is 0.292. The maximum absolute atomic E-state index is 12.3. The molecule has 0 saturated carbocycles. The summed E-state index contributed by atoms with van der Waals surface area (Å²) in [7, 11) is 0. The summed E-state index contributed by atoms with van der Waals surface area (Å²) in [5.74, 6) is 1.25. The van der Waals surface area contributed by atoms with Crippen LogP contribution in [0.2, 0.25) is 0 Å². The van der Waals surface area contributed by atoms with Crippen molar-refractivity contribution in [1.82, 2.24) is 4.90 Å². The zero-order valence-corrected chi connectivity index (χ0v) is 15.5. The lowest BCUT2D eigenvalue weighted by Crippen LogP contribution is -2.41. The highest BCUT2D eigenvalue weighted by molar-refractivity contribution is 5.88. The molecule has 3 aromatic carbocycles. The maximum Gasteiger partial charge on any atom is 0.151 e. The second-order valence-corrected chi connectivity index (χ2v) is 7.27. The first-order chi connectivity index (χ1) is 13.3. The molecule has 0 unspecified atom stereocenters. The van der Waals surface area contributed by atoms with Gasteiger partial charge in [-0.05, 0) is 29.9 Å². The number of ether oxygens (including phenoxy) is 1. The highest BCUT2D eigenvalue weighted by Crippen LogP contribution is 2.28. The van der Waals surface area contributed by atoms with Crippen LogP contribution in [-0.4, -0.2) is 36.4 Å². The van der Waals surface area contributed by atoms with E-state index >= 15 is 0 Å². The molecule has 0 bridgehead atoms. The minimum atomic E-state index is 0.219. The molecule has 3 heteroatoms. The van der Waals surface area contributed by atoms with Gasteiger partial charge in [0, 0.05) is 24.9 Å². The van der Waals surface area contributed by atoms with Gasteiger partial charge in [-0.15, -0.1) is 0 Å². The van der Waals surface area contributed by atoms with Crippen molar-refractivity contribution in [3.05, 3.63) is 78.4 Å². The normalized spacial score (nSPS) is 15.7. The first-order valence-electron chi connectivity index (χ1n) is 9.70. The topological polar surface area (TPSA) is 29.5 Å². The number of benzene rings is 3. The van der Waals surface area contributed by atoms with Gasteiger partial charge in [0.2, 0.25) is 0 Å². The lowest BCUT2D eigenvalue weighted by Gasteiger charge is -2.32. The predicted molar refractivity (Wildman–Crippen MR) is 109 cm³/mol. The molecule has 1 aliphatic rings. The van der Waals surface area contributed by atoms with Gasteiger partial charge >= 0.3 is 0 Å². The minimum Gasteiger partial charge on any atom is -0.490 e. The molecule has 1 heterocycles. The van der Waals surface area contributed by atoms with Crippen LogP contribution in [0.15, 0.2) is 72.8 Å². The lowest BCUT2D eigenvalue weighted by molar-refractivity contribution is -0.120. The molecule has 4 rings (SSSR count). The molecule has 3 aromatic rings. The van der Waals surface area contributed by atoms with E-state index in [9.17, 15) is 4.79 Å². The Morgan fingerprint density at radius 1 is 0.889 bits per heavy atom. The van der Waals surface area contributed by atoms with E-state index in [1.807, 2.05) is 30.3 Å². The van der Waals surface area contributed by atoms with Crippen molar-refractivity contribution in [2.75, 3.05) is 19.6 Å². The first-order valence-corrected chi connectivity index (χ1v) is 9.70. The maximum atomic E-state index is 12.3. The molecule has 138 valence electrons. The van der Waals surface area contributed by atoms with Crippen LogP contribution in [0.1, 0.15) is 18.4 Å². The molecule has 0 aliphatic carbocycles. The van der Waals surface area contributed by atoms with Crippen LogP contribution in [0.5, 0.6) is 5.75 Å². The van der Waals surface area contributed by atoms with Crippen molar-refractivity contribution in [2.24, 2.45) is 0 Å². The zero-order chi connectivity index (χ0) is 18.5. The van der Waals surface area contributed by atoms with Crippen LogP contribution in [0.3, 0.4) is 0 Å². The summed E-state index contributed by atoms with van der Waals surface area (Å²) in [5, 5.41) is 2.37. The van der Waals surface area contributed by atoms with Crippen LogP contribution in [0.4, 0.5) is 0 Å². The zero-order valence-electron chi connectivity index (χ0n) is 15.5.